The molecule has 1 aromatic rings. The van der Waals surface area contributed by atoms with Crippen LogP contribution in [0.1, 0.15) is 13.3 Å². The van der Waals surface area contributed by atoms with E-state index in [4.69, 9.17) is 4.74 Å². The molecule has 1 atom stereocenters. The van der Waals surface area contributed by atoms with Gasteiger partial charge in [-0.15, -0.1) is 0 Å². The number of rotatable bonds is 4. The summed E-state index contributed by atoms with van der Waals surface area (Å²) in [4.78, 5) is 0. The molecular weight excluding hydrogens is 264 g/mol. The van der Waals surface area contributed by atoms with E-state index in [2.05, 4.69) is 5.32 Å². The molecule has 1 unspecified atom stereocenters. The Morgan fingerprint density at radius 1 is 1.42 bits per heavy atom. The summed E-state index contributed by atoms with van der Waals surface area (Å²) in [6.07, 6.45) is 0.695. The van der Waals surface area contributed by atoms with Gasteiger partial charge in [0.05, 0.1) is 17.5 Å². The molecule has 0 radical (unpaired) electrons. The maximum absolute atomic E-state index is 12.6. The minimum Gasteiger partial charge on any atom is -0.491 e. The fourth-order valence-electron chi connectivity index (χ4n) is 2.17. The van der Waals surface area contributed by atoms with E-state index in [1.54, 1.807) is 20.0 Å². The molecule has 0 saturated heterocycles. The lowest BCUT2D eigenvalue weighted by Crippen LogP contribution is -2.41. The van der Waals surface area contributed by atoms with Gasteiger partial charge in [0.1, 0.15) is 5.75 Å². The fourth-order valence-corrected chi connectivity index (χ4v) is 3.79. The fraction of sp³-hybridized carbons (Fsp3) is 0.538. The lowest BCUT2D eigenvalue weighted by molar-refractivity contribution is 0.322. The third-order valence-electron chi connectivity index (χ3n) is 3.20. The molecule has 2 rings (SSSR count). The van der Waals surface area contributed by atoms with Gasteiger partial charge in [-0.25, -0.2) is 8.42 Å². The smallest absolute Gasteiger partial charge is 0.239 e. The second-order valence-electron chi connectivity index (χ2n) is 4.66. The highest BCUT2D eigenvalue weighted by atomic mass is 32.2. The Bertz CT molecular complexity index is 530. The van der Waals surface area contributed by atoms with Crippen molar-refractivity contribution in [2.75, 3.05) is 31.0 Å². The molecule has 0 aliphatic carbocycles. The number of nitrogens with one attached hydrogen (secondary N) is 1. The Hall–Kier alpha value is -1.27. The number of hydrogen-bond acceptors (Lipinski definition) is 4. The van der Waals surface area contributed by atoms with Gasteiger partial charge < -0.3 is 10.1 Å². The maximum Gasteiger partial charge on any atom is 0.239 e. The molecule has 0 spiro atoms. The van der Waals surface area contributed by atoms with Gasteiger partial charge in [-0.3, -0.25) is 4.31 Å². The van der Waals surface area contributed by atoms with Crippen molar-refractivity contribution in [1.29, 1.82) is 0 Å². The SMILES string of the molecule is CNCC(C)S(=O)(=O)N1CCCOc2ccccc21. The number of nitrogens with zero attached hydrogens (tertiary/aromatic N) is 1. The highest BCUT2D eigenvalue weighted by Gasteiger charge is 2.31. The summed E-state index contributed by atoms with van der Waals surface area (Å²) in [5, 5.41) is 2.45. The molecule has 1 N–H and O–H groups in total. The maximum atomic E-state index is 12.6. The van der Waals surface area contributed by atoms with Crippen LogP contribution in [0.25, 0.3) is 0 Å². The zero-order chi connectivity index (χ0) is 13.9. The van der Waals surface area contributed by atoms with E-state index in [0.29, 0.717) is 37.6 Å². The van der Waals surface area contributed by atoms with Gasteiger partial charge in [0.2, 0.25) is 10.0 Å². The number of benzene rings is 1. The summed E-state index contributed by atoms with van der Waals surface area (Å²) in [5.41, 5.74) is 0.642. The van der Waals surface area contributed by atoms with Crippen molar-refractivity contribution >= 4 is 15.7 Å². The van der Waals surface area contributed by atoms with Crippen LogP contribution in [0.4, 0.5) is 5.69 Å². The van der Waals surface area contributed by atoms with Gasteiger partial charge in [0.15, 0.2) is 0 Å². The van der Waals surface area contributed by atoms with Crippen LogP contribution < -0.4 is 14.4 Å². The number of fused-ring (bicyclic) bond motifs is 1. The zero-order valence-corrected chi connectivity index (χ0v) is 12.1. The molecule has 5 nitrogen and oxygen atoms in total. The number of ether oxygens (including phenoxy) is 1. The standard InChI is InChI=1S/C13H20N2O3S/c1-11(10-14-2)19(16,17)15-8-5-9-18-13-7-4-3-6-12(13)15/h3-4,6-7,11,14H,5,8-10H2,1-2H3. The van der Waals surface area contributed by atoms with E-state index in [9.17, 15) is 8.42 Å². The highest BCUT2D eigenvalue weighted by Crippen LogP contribution is 2.33. The first-order valence-electron chi connectivity index (χ1n) is 6.45. The molecule has 0 amide bonds. The number of sulfonamides is 1. The van der Waals surface area contributed by atoms with E-state index in [0.717, 1.165) is 0 Å². The van der Waals surface area contributed by atoms with Crippen LogP contribution in [0.5, 0.6) is 5.75 Å². The van der Waals surface area contributed by atoms with E-state index in [1.165, 1.54) is 4.31 Å². The molecular formula is C13H20N2O3S. The van der Waals surface area contributed by atoms with Crippen molar-refractivity contribution in [1.82, 2.24) is 5.32 Å². The van der Waals surface area contributed by atoms with Gasteiger partial charge in [0.25, 0.3) is 0 Å². The lowest BCUT2D eigenvalue weighted by atomic mass is 10.3. The summed E-state index contributed by atoms with van der Waals surface area (Å²) in [6, 6.07) is 7.29. The topological polar surface area (TPSA) is 58.6 Å². The van der Waals surface area contributed by atoms with E-state index in [-0.39, 0.29) is 0 Å². The third kappa shape index (κ3) is 2.84. The average molecular weight is 284 g/mol. The average Bonchev–Trinajstić information content (AvgIpc) is 2.61. The number of hydrogen-bond donors (Lipinski definition) is 1. The molecule has 0 aromatic heterocycles. The Morgan fingerprint density at radius 3 is 2.89 bits per heavy atom. The van der Waals surface area contributed by atoms with E-state index < -0.39 is 15.3 Å². The molecule has 0 saturated carbocycles. The second kappa shape index (κ2) is 5.79. The minimum atomic E-state index is -3.37. The molecule has 0 fully saturated rings. The summed E-state index contributed by atoms with van der Waals surface area (Å²) in [7, 11) is -1.61. The monoisotopic (exact) mass is 284 g/mol. The largest absolute Gasteiger partial charge is 0.491 e. The summed E-state index contributed by atoms with van der Waals surface area (Å²) < 4.78 is 32.3. The summed E-state index contributed by atoms with van der Waals surface area (Å²) in [5.74, 6) is 0.639. The zero-order valence-electron chi connectivity index (χ0n) is 11.3. The van der Waals surface area contributed by atoms with Crippen LogP contribution in [-0.2, 0) is 10.0 Å². The van der Waals surface area contributed by atoms with Gasteiger partial charge in [0, 0.05) is 19.5 Å². The van der Waals surface area contributed by atoms with Crippen LogP contribution in [0.2, 0.25) is 0 Å². The van der Waals surface area contributed by atoms with Gasteiger partial charge in [-0.2, -0.15) is 0 Å². The first-order valence-corrected chi connectivity index (χ1v) is 7.95. The van der Waals surface area contributed by atoms with Gasteiger partial charge >= 0.3 is 0 Å². The Kier molecular flexibility index (Phi) is 4.31. The quantitative estimate of drug-likeness (QED) is 0.903. The first kappa shape index (κ1) is 14.1. The van der Waals surface area contributed by atoms with Crippen molar-refractivity contribution < 1.29 is 13.2 Å². The minimum absolute atomic E-state index is 0.432. The van der Waals surface area contributed by atoms with Crippen LogP contribution >= 0.6 is 0 Å². The number of para-hydroxylation sites is 2. The highest BCUT2D eigenvalue weighted by molar-refractivity contribution is 7.93. The van der Waals surface area contributed by atoms with Crippen LogP contribution in [0.3, 0.4) is 0 Å². The molecule has 6 heteroatoms. The van der Waals surface area contributed by atoms with Gasteiger partial charge in [-0.1, -0.05) is 12.1 Å². The molecule has 19 heavy (non-hydrogen) atoms. The second-order valence-corrected chi connectivity index (χ2v) is 6.93. The van der Waals surface area contributed by atoms with Crippen molar-refractivity contribution in [2.45, 2.75) is 18.6 Å². The van der Waals surface area contributed by atoms with E-state index in [1.807, 2.05) is 18.2 Å². The van der Waals surface area contributed by atoms with Crippen LogP contribution in [-0.4, -0.2) is 40.4 Å². The predicted molar refractivity (Wildman–Crippen MR) is 76.2 cm³/mol. The van der Waals surface area contributed by atoms with Crippen molar-refractivity contribution in [3.8, 4) is 5.75 Å². The molecule has 1 aliphatic heterocycles. The Labute approximate surface area is 114 Å². The number of anilines is 1. The van der Waals surface area contributed by atoms with Gasteiger partial charge in [-0.05, 0) is 26.1 Å². The molecule has 0 bridgehead atoms. The summed E-state index contributed by atoms with van der Waals surface area (Å²) >= 11 is 0. The molecule has 1 aromatic carbocycles. The van der Waals surface area contributed by atoms with E-state index >= 15 is 0 Å². The first-order chi connectivity index (χ1) is 9.07. The van der Waals surface area contributed by atoms with Crippen molar-refractivity contribution in [3.05, 3.63) is 24.3 Å². The van der Waals surface area contributed by atoms with Crippen LogP contribution in [0.15, 0.2) is 24.3 Å². The van der Waals surface area contributed by atoms with Crippen molar-refractivity contribution in [2.24, 2.45) is 0 Å². The lowest BCUT2D eigenvalue weighted by Gasteiger charge is -2.26. The molecule has 1 heterocycles. The molecule has 1 aliphatic rings. The summed E-state index contributed by atoms with van der Waals surface area (Å²) in [6.45, 7) is 3.17. The third-order valence-corrected chi connectivity index (χ3v) is 5.38. The normalized spacial score (nSPS) is 17.3. The van der Waals surface area contributed by atoms with Crippen LogP contribution in [0, 0.1) is 0 Å². The Balaban J connectivity index is 2.39. The van der Waals surface area contributed by atoms with Crippen molar-refractivity contribution in [3.63, 3.8) is 0 Å². The molecule has 106 valence electrons. The predicted octanol–water partition coefficient (Wildman–Crippen LogP) is 1.21. The Morgan fingerprint density at radius 2 is 2.16 bits per heavy atom.